The third-order valence-electron chi connectivity index (χ3n) is 4.76. The van der Waals surface area contributed by atoms with Crippen molar-refractivity contribution in [1.82, 2.24) is 14.9 Å². The third kappa shape index (κ3) is 4.44. The molecule has 0 saturated carbocycles. The lowest BCUT2D eigenvalue weighted by Gasteiger charge is -2.18. The van der Waals surface area contributed by atoms with Gasteiger partial charge >= 0.3 is 0 Å². The summed E-state index contributed by atoms with van der Waals surface area (Å²) in [4.78, 5) is 30.1. The monoisotopic (exact) mass is 395 g/mol. The molecule has 28 heavy (non-hydrogen) atoms. The lowest BCUT2D eigenvalue weighted by Crippen LogP contribution is -2.37. The van der Waals surface area contributed by atoms with Gasteiger partial charge in [-0.2, -0.15) is 0 Å². The molecule has 146 valence electrons. The van der Waals surface area contributed by atoms with Crippen LogP contribution in [0.2, 0.25) is 0 Å². The van der Waals surface area contributed by atoms with E-state index in [4.69, 9.17) is 0 Å². The van der Waals surface area contributed by atoms with Crippen LogP contribution in [0, 0.1) is 12.8 Å². The van der Waals surface area contributed by atoms with E-state index in [-0.39, 0.29) is 23.3 Å². The van der Waals surface area contributed by atoms with Gasteiger partial charge in [-0.05, 0) is 44.0 Å². The second kappa shape index (κ2) is 8.61. The summed E-state index contributed by atoms with van der Waals surface area (Å²) >= 11 is 1.28. The van der Waals surface area contributed by atoms with E-state index in [9.17, 15) is 9.59 Å². The van der Waals surface area contributed by atoms with Crippen LogP contribution in [-0.4, -0.2) is 27.3 Å². The first-order valence-corrected chi connectivity index (χ1v) is 10.4. The summed E-state index contributed by atoms with van der Waals surface area (Å²) in [6.07, 6.45) is 0. The number of thioether (sulfide) groups is 1. The van der Waals surface area contributed by atoms with Gasteiger partial charge in [0.25, 0.3) is 5.56 Å². The molecule has 3 aromatic rings. The highest BCUT2D eigenvalue weighted by molar-refractivity contribution is 7.99. The quantitative estimate of drug-likeness (QED) is 0.507. The van der Waals surface area contributed by atoms with Gasteiger partial charge in [-0.15, -0.1) is 0 Å². The van der Waals surface area contributed by atoms with E-state index in [0.29, 0.717) is 22.0 Å². The molecular formula is C22H25N3O2S. The number of fused-ring (bicyclic) bond motifs is 1. The Bertz CT molecular complexity index is 1040. The fraction of sp³-hybridized carbons (Fsp3) is 0.318. The molecule has 0 fully saturated rings. The molecule has 1 atom stereocenters. The molecule has 0 aliphatic heterocycles. The molecule has 5 nitrogen and oxygen atoms in total. The molecular weight excluding hydrogens is 370 g/mol. The highest BCUT2D eigenvalue weighted by atomic mass is 32.2. The molecule has 0 saturated heterocycles. The number of amides is 1. The largest absolute Gasteiger partial charge is 0.353 e. The number of hydrogen-bond acceptors (Lipinski definition) is 4. The van der Waals surface area contributed by atoms with Gasteiger partial charge in [0.2, 0.25) is 5.91 Å². The number of aromatic nitrogens is 2. The normalized spacial score (nSPS) is 12.3. The van der Waals surface area contributed by atoms with Crippen LogP contribution in [0.5, 0.6) is 0 Å². The van der Waals surface area contributed by atoms with Gasteiger partial charge in [-0.25, -0.2) is 4.98 Å². The first-order chi connectivity index (χ1) is 13.4. The van der Waals surface area contributed by atoms with Gasteiger partial charge in [0.1, 0.15) is 0 Å². The summed E-state index contributed by atoms with van der Waals surface area (Å²) in [6, 6.07) is 15.1. The number of aryl methyl sites for hydroxylation is 1. The predicted molar refractivity (Wildman–Crippen MR) is 115 cm³/mol. The molecule has 1 heterocycles. The Balaban J connectivity index is 1.98. The fourth-order valence-corrected chi connectivity index (χ4v) is 3.55. The van der Waals surface area contributed by atoms with Gasteiger partial charge in [-0.3, -0.25) is 14.2 Å². The molecule has 1 N–H and O–H groups in total. The first kappa shape index (κ1) is 20.1. The van der Waals surface area contributed by atoms with Gasteiger partial charge in [0.15, 0.2) is 5.16 Å². The fourth-order valence-electron chi connectivity index (χ4n) is 2.72. The highest BCUT2D eigenvalue weighted by Crippen LogP contribution is 2.21. The van der Waals surface area contributed by atoms with Gasteiger partial charge in [-0.1, -0.05) is 55.4 Å². The molecule has 1 amide bonds. The van der Waals surface area contributed by atoms with E-state index in [1.54, 1.807) is 10.6 Å². The van der Waals surface area contributed by atoms with E-state index in [0.717, 1.165) is 11.3 Å². The summed E-state index contributed by atoms with van der Waals surface area (Å²) in [5, 5.41) is 4.07. The van der Waals surface area contributed by atoms with Crippen LogP contribution >= 0.6 is 11.8 Å². The van der Waals surface area contributed by atoms with Crippen molar-refractivity contribution in [3.63, 3.8) is 0 Å². The molecule has 3 rings (SSSR count). The van der Waals surface area contributed by atoms with Crippen molar-refractivity contribution in [3.8, 4) is 5.69 Å². The van der Waals surface area contributed by atoms with Crippen molar-refractivity contribution >= 4 is 28.6 Å². The van der Waals surface area contributed by atoms with Crippen LogP contribution < -0.4 is 10.9 Å². The number of nitrogens with zero attached hydrogens (tertiary/aromatic N) is 2. The standard InChI is InChI=1S/C22H25N3O2S/c1-14(2)16(4)23-20(26)13-28-22-24-19-8-6-5-7-18(19)21(27)25(22)17-11-9-15(3)10-12-17/h5-12,14,16H,13H2,1-4H3,(H,23,26). The molecule has 0 bridgehead atoms. The Hall–Kier alpha value is -2.60. The summed E-state index contributed by atoms with van der Waals surface area (Å²) in [7, 11) is 0. The second-order valence-corrected chi connectivity index (χ2v) is 8.22. The average molecular weight is 396 g/mol. The lowest BCUT2D eigenvalue weighted by atomic mass is 10.1. The maximum Gasteiger partial charge on any atom is 0.266 e. The SMILES string of the molecule is Cc1ccc(-n2c(SCC(=O)NC(C)C(C)C)nc3ccccc3c2=O)cc1. The van der Waals surface area contributed by atoms with Crippen LogP contribution in [0.25, 0.3) is 16.6 Å². The Labute approximate surface area is 169 Å². The van der Waals surface area contributed by atoms with Gasteiger partial charge < -0.3 is 5.32 Å². The number of rotatable bonds is 6. The van der Waals surface area contributed by atoms with Crippen molar-refractivity contribution in [3.05, 3.63) is 64.4 Å². The molecule has 0 spiro atoms. The zero-order chi connectivity index (χ0) is 20.3. The number of hydrogen-bond donors (Lipinski definition) is 1. The van der Waals surface area contributed by atoms with Crippen LogP contribution in [0.3, 0.4) is 0 Å². The number of nitrogens with one attached hydrogen (secondary N) is 1. The van der Waals surface area contributed by atoms with Crippen LogP contribution in [-0.2, 0) is 4.79 Å². The lowest BCUT2D eigenvalue weighted by molar-refractivity contribution is -0.119. The van der Waals surface area contributed by atoms with E-state index < -0.39 is 0 Å². The average Bonchev–Trinajstić information content (AvgIpc) is 2.67. The molecule has 0 aliphatic rings. The maximum atomic E-state index is 13.2. The Morgan fingerprint density at radius 3 is 2.46 bits per heavy atom. The summed E-state index contributed by atoms with van der Waals surface area (Å²) in [5.74, 6) is 0.496. The number of para-hydroxylation sites is 1. The van der Waals surface area contributed by atoms with E-state index in [1.807, 2.05) is 56.3 Å². The highest BCUT2D eigenvalue weighted by Gasteiger charge is 2.16. The smallest absolute Gasteiger partial charge is 0.266 e. The van der Waals surface area contributed by atoms with Crippen molar-refractivity contribution < 1.29 is 4.79 Å². The topological polar surface area (TPSA) is 64.0 Å². The molecule has 0 aliphatic carbocycles. The zero-order valence-electron chi connectivity index (χ0n) is 16.6. The third-order valence-corrected chi connectivity index (χ3v) is 5.70. The molecule has 1 unspecified atom stereocenters. The van der Waals surface area contributed by atoms with Crippen molar-refractivity contribution in [2.75, 3.05) is 5.75 Å². The Kier molecular flexibility index (Phi) is 6.19. The van der Waals surface area contributed by atoms with Crippen LogP contribution in [0.4, 0.5) is 0 Å². The van der Waals surface area contributed by atoms with E-state index >= 15 is 0 Å². The van der Waals surface area contributed by atoms with Crippen molar-refractivity contribution in [1.29, 1.82) is 0 Å². The molecule has 6 heteroatoms. The minimum absolute atomic E-state index is 0.0657. The second-order valence-electron chi connectivity index (χ2n) is 7.28. The Morgan fingerprint density at radius 1 is 1.11 bits per heavy atom. The molecule has 1 aromatic heterocycles. The summed E-state index contributed by atoms with van der Waals surface area (Å²) in [6.45, 7) is 8.13. The molecule has 0 radical (unpaired) electrons. The van der Waals surface area contributed by atoms with E-state index in [1.165, 1.54) is 11.8 Å². The minimum atomic E-state index is -0.132. The number of carbonyl (C=O) groups is 1. The van der Waals surface area contributed by atoms with Crippen molar-refractivity contribution in [2.45, 2.75) is 38.9 Å². The summed E-state index contributed by atoms with van der Waals surface area (Å²) in [5.41, 5.74) is 2.36. The van der Waals surface area contributed by atoms with Crippen molar-refractivity contribution in [2.24, 2.45) is 5.92 Å². The van der Waals surface area contributed by atoms with E-state index in [2.05, 4.69) is 24.1 Å². The van der Waals surface area contributed by atoms with Crippen LogP contribution in [0.1, 0.15) is 26.3 Å². The Morgan fingerprint density at radius 2 is 1.79 bits per heavy atom. The van der Waals surface area contributed by atoms with Gasteiger partial charge in [0, 0.05) is 6.04 Å². The molecule has 2 aromatic carbocycles. The summed E-state index contributed by atoms with van der Waals surface area (Å²) < 4.78 is 1.59. The minimum Gasteiger partial charge on any atom is -0.353 e. The van der Waals surface area contributed by atoms with Gasteiger partial charge in [0.05, 0.1) is 22.3 Å². The number of carbonyl (C=O) groups excluding carboxylic acids is 1. The zero-order valence-corrected chi connectivity index (χ0v) is 17.4. The predicted octanol–water partition coefficient (Wildman–Crippen LogP) is 3.95. The maximum absolute atomic E-state index is 13.2. The van der Waals surface area contributed by atoms with Crippen LogP contribution in [0.15, 0.2) is 58.5 Å². The number of benzene rings is 2. The first-order valence-electron chi connectivity index (χ1n) is 9.38.